The fourth-order valence-corrected chi connectivity index (χ4v) is 2.57. The number of halogens is 1. The van der Waals surface area contributed by atoms with Gasteiger partial charge in [0.1, 0.15) is 5.82 Å². The van der Waals surface area contributed by atoms with Crippen LogP contribution >= 0.6 is 0 Å². The van der Waals surface area contributed by atoms with Crippen LogP contribution in [0.3, 0.4) is 0 Å². The fraction of sp³-hybridized carbons (Fsp3) is 0.412. The molecule has 6 heteroatoms. The zero-order chi connectivity index (χ0) is 16.4. The summed E-state index contributed by atoms with van der Waals surface area (Å²) in [6.45, 7) is 2.86. The zero-order valence-corrected chi connectivity index (χ0v) is 13.0. The molecule has 1 amide bonds. The quantitative estimate of drug-likeness (QED) is 0.890. The molecule has 1 fully saturated rings. The van der Waals surface area contributed by atoms with Crippen LogP contribution in [0.4, 0.5) is 4.39 Å². The van der Waals surface area contributed by atoms with Crippen molar-refractivity contribution in [3.63, 3.8) is 0 Å². The van der Waals surface area contributed by atoms with Gasteiger partial charge in [-0.15, -0.1) is 0 Å². The van der Waals surface area contributed by atoms with Crippen LogP contribution in [-0.2, 0) is 6.54 Å². The Balaban J connectivity index is 1.73. The van der Waals surface area contributed by atoms with Crippen LogP contribution < -0.4 is 0 Å². The van der Waals surface area contributed by atoms with Gasteiger partial charge in [0.25, 0.3) is 5.91 Å². The van der Waals surface area contributed by atoms with Crippen molar-refractivity contribution in [1.82, 2.24) is 14.7 Å². The lowest BCUT2D eigenvalue weighted by Crippen LogP contribution is -2.36. The van der Waals surface area contributed by atoms with Crippen LogP contribution in [0.25, 0.3) is 0 Å². The van der Waals surface area contributed by atoms with E-state index in [9.17, 15) is 14.3 Å². The molecule has 1 aliphatic rings. The van der Waals surface area contributed by atoms with E-state index in [2.05, 4.69) is 5.10 Å². The molecule has 0 saturated heterocycles. The largest absolute Gasteiger partial charge is 0.387 e. The Morgan fingerprint density at radius 1 is 1.43 bits per heavy atom. The van der Waals surface area contributed by atoms with Crippen LogP contribution in [-0.4, -0.2) is 38.3 Å². The first-order chi connectivity index (χ1) is 11.1. The molecule has 2 aromatic rings. The molecule has 1 atom stereocenters. The van der Waals surface area contributed by atoms with E-state index in [1.807, 2.05) is 6.92 Å². The van der Waals surface area contributed by atoms with Gasteiger partial charge in [-0.05, 0) is 37.5 Å². The van der Waals surface area contributed by atoms with Gasteiger partial charge in [0.2, 0.25) is 0 Å². The molecule has 3 rings (SSSR count). The van der Waals surface area contributed by atoms with E-state index in [0.29, 0.717) is 17.7 Å². The Kier molecular flexibility index (Phi) is 4.43. The predicted molar refractivity (Wildman–Crippen MR) is 83.3 cm³/mol. The first kappa shape index (κ1) is 15.7. The Bertz CT molecular complexity index is 679. The van der Waals surface area contributed by atoms with Crippen LogP contribution in [0.2, 0.25) is 0 Å². The summed E-state index contributed by atoms with van der Waals surface area (Å²) in [6, 6.07) is 5.89. The van der Waals surface area contributed by atoms with Crippen molar-refractivity contribution >= 4 is 5.91 Å². The molecule has 23 heavy (non-hydrogen) atoms. The van der Waals surface area contributed by atoms with E-state index in [1.54, 1.807) is 34.1 Å². The van der Waals surface area contributed by atoms with Gasteiger partial charge in [0.15, 0.2) is 0 Å². The Labute approximate surface area is 134 Å². The summed E-state index contributed by atoms with van der Waals surface area (Å²) in [4.78, 5) is 14.4. The highest BCUT2D eigenvalue weighted by Gasteiger charge is 2.34. The van der Waals surface area contributed by atoms with Crippen molar-refractivity contribution in [3.8, 4) is 0 Å². The second kappa shape index (κ2) is 6.50. The summed E-state index contributed by atoms with van der Waals surface area (Å²) in [7, 11) is 0. The average Bonchev–Trinajstić information content (AvgIpc) is 3.28. The summed E-state index contributed by atoms with van der Waals surface area (Å²) in [6.07, 6.45) is 4.35. The molecule has 1 unspecified atom stereocenters. The van der Waals surface area contributed by atoms with Crippen molar-refractivity contribution < 1.29 is 14.3 Å². The maximum atomic E-state index is 13.0. The minimum atomic E-state index is -0.832. The number of rotatable bonds is 6. The highest BCUT2D eigenvalue weighted by atomic mass is 19.1. The second-order valence-corrected chi connectivity index (χ2v) is 5.84. The minimum Gasteiger partial charge on any atom is -0.387 e. The molecule has 122 valence electrons. The molecule has 1 aliphatic carbocycles. The second-order valence-electron chi connectivity index (χ2n) is 5.84. The molecular formula is C17H20FN3O2. The van der Waals surface area contributed by atoms with Gasteiger partial charge in [-0.3, -0.25) is 9.48 Å². The molecule has 5 nitrogen and oxygen atoms in total. The van der Waals surface area contributed by atoms with Gasteiger partial charge >= 0.3 is 0 Å². The molecule has 0 radical (unpaired) electrons. The van der Waals surface area contributed by atoms with E-state index in [1.165, 1.54) is 12.1 Å². The van der Waals surface area contributed by atoms with E-state index in [0.717, 1.165) is 12.8 Å². The van der Waals surface area contributed by atoms with Crippen LogP contribution in [0.5, 0.6) is 0 Å². The van der Waals surface area contributed by atoms with Crippen molar-refractivity contribution in [2.75, 3.05) is 6.54 Å². The fourth-order valence-electron chi connectivity index (χ4n) is 2.57. The predicted octanol–water partition coefficient (Wildman–Crippen LogP) is 2.38. The maximum absolute atomic E-state index is 13.0. The highest BCUT2D eigenvalue weighted by Crippen LogP contribution is 2.30. The standard InChI is InChI=1S/C17H20FN3O2/c1-2-20-10-13(9-19-20)17(23)21(15-7-8-15)11-16(22)12-3-5-14(18)6-4-12/h3-6,9-10,15-16,22H,2,7-8,11H2,1H3. The van der Waals surface area contributed by atoms with Gasteiger partial charge < -0.3 is 10.0 Å². The first-order valence-corrected chi connectivity index (χ1v) is 7.85. The Morgan fingerprint density at radius 3 is 2.70 bits per heavy atom. The molecule has 0 aliphatic heterocycles. The molecule has 0 bridgehead atoms. The van der Waals surface area contributed by atoms with Crippen LogP contribution in [0, 0.1) is 5.82 Å². The lowest BCUT2D eigenvalue weighted by atomic mass is 10.1. The van der Waals surface area contributed by atoms with Crippen molar-refractivity contribution in [1.29, 1.82) is 0 Å². The first-order valence-electron chi connectivity index (χ1n) is 7.85. The monoisotopic (exact) mass is 317 g/mol. The van der Waals surface area contributed by atoms with Crippen LogP contribution in [0.1, 0.15) is 41.8 Å². The zero-order valence-electron chi connectivity index (χ0n) is 13.0. The van der Waals surface area contributed by atoms with Gasteiger partial charge in [-0.25, -0.2) is 4.39 Å². The smallest absolute Gasteiger partial charge is 0.257 e. The van der Waals surface area contributed by atoms with E-state index < -0.39 is 6.10 Å². The normalized spacial score (nSPS) is 15.4. The molecule has 1 aromatic heterocycles. The third kappa shape index (κ3) is 3.59. The summed E-state index contributed by atoms with van der Waals surface area (Å²) in [5.74, 6) is -0.462. The molecule has 1 saturated carbocycles. The number of carbonyl (C=O) groups excluding carboxylic acids is 1. The number of hydrogen-bond donors (Lipinski definition) is 1. The van der Waals surface area contributed by atoms with Crippen molar-refractivity contribution in [3.05, 3.63) is 53.6 Å². The van der Waals surface area contributed by atoms with Crippen molar-refractivity contribution in [2.24, 2.45) is 0 Å². The Hall–Kier alpha value is -2.21. The number of benzene rings is 1. The highest BCUT2D eigenvalue weighted by molar-refractivity contribution is 5.94. The molecule has 1 aromatic carbocycles. The van der Waals surface area contributed by atoms with E-state index in [-0.39, 0.29) is 24.3 Å². The number of carbonyl (C=O) groups is 1. The third-order valence-electron chi connectivity index (χ3n) is 4.08. The number of nitrogens with zero attached hydrogens (tertiary/aromatic N) is 3. The summed E-state index contributed by atoms with van der Waals surface area (Å²) in [5.41, 5.74) is 1.14. The average molecular weight is 317 g/mol. The number of aliphatic hydroxyl groups excluding tert-OH is 1. The molecule has 0 spiro atoms. The summed E-state index contributed by atoms with van der Waals surface area (Å²) < 4.78 is 14.7. The Morgan fingerprint density at radius 2 is 2.13 bits per heavy atom. The van der Waals surface area contributed by atoms with E-state index >= 15 is 0 Å². The molecule has 1 N–H and O–H groups in total. The summed E-state index contributed by atoms with van der Waals surface area (Å²) >= 11 is 0. The van der Waals surface area contributed by atoms with Gasteiger partial charge in [0, 0.05) is 18.8 Å². The number of amides is 1. The minimum absolute atomic E-state index is 0.117. The van der Waals surface area contributed by atoms with Crippen molar-refractivity contribution in [2.45, 2.75) is 38.5 Å². The number of aliphatic hydroxyl groups is 1. The molecular weight excluding hydrogens is 297 g/mol. The topological polar surface area (TPSA) is 58.4 Å². The number of aryl methyl sites for hydroxylation is 1. The van der Waals surface area contributed by atoms with Gasteiger partial charge in [-0.2, -0.15) is 5.10 Å². The third-order valence-corrected chi connectivity index (χ3v) is 4.08. The number of aromatic nitrogens is 2. The molecule has 1 heterocycles. The van der Waals surface area contributed by atoms with Gasteiger partial charge in [-0.1, -0.05) is 12.1 Å². The maximum Gasteiger partial charge on any atom is 0.257 e. The van der Waals surface area contributed by atoms with E-state index in [4.69, 9.17) is 0 Å². The van der Waals surface area contributed by atoms with Crippen LogP contribution in [0.15, 0.2) is 36.7 Å². The lowest BCUT2D eigenvalue weighted by molar-refractivity contribution is 0.0603. The van der Waals surface area contributed by atoms with Gasteiger partial charge in [0.05, 0.1) is 24.4 Å². The number of hydrogen-bond acceptors (Lipinski definition) is 3. The summed E-state index contributed by atoms with van der Waals surface area (Å²) in [5, 5.41) is 14.5. The SMILES string of the molecule is CCn1cc(C(=O)N(CC(O)c2ccc(F)cc2)C2CC2)cn1. The lowest BCUT2D eigenvalue weighted by Gasteiger charge is -2.25.